The lowest BCUT2D eigenvalue weighted by atomic mass is 9.83. The molecule has 1 aliphatic heterocycles. The smallest absolute Gasteiger partial charge is 0.169 e. The zero-order chi connectivity index (χ0) is 21.4. The van der Waals surface area contributed by atoms with Crippen LogP contribution in [0.3, 0.4) is 0 Å². The van der Waals surface area contributed by atoms with E-state index in [0.29, 0.717) is 6.04 Å². The van der Waals surface area contributed by atoms with E-state index in [0.717, 1.165) is 61.5 Å². The summed E-state index contributed by atoms with van der Waals surface area (Å²) < 4.78 is 7.62. The molecule has 1 N–H and O–H groups in total. The van der Waals surface area contributed by atoms with Crippen LogP contribution < -0.4 is 0 Å². The Hall–Kier alpha value is -1.17. The summed E-state index contributed by atoms with van der Waals surface area (Å²) in [5.74, 6) is 0.333. The van der Waals surface area contributed by atoms with Crippen LogP contribution in [0.1, 0.15) is 89.6 Å². The molecule has 0 aromatic carbocycles. The van der Waals surface area contributed by atoms with Gasteiger partial charge in [-0.25, -0.2) is 0 Å². The minimum absolute atomic E-state index is 0. The molecule has 1 fully saturated rings. The first kappa shape index (κ1) is 27.8. The Kier molecular flexibility index (Phi) is 12.7. The van der Waals surface area contributed by atoms with Gasteiger partial charge in [0.05, 0.1) is 12.7 Å². The molecular formula is C24H46N2O3. The van der Waals surface area contributed by atoms with Gasteiger partial charge in [0.25, 0.3) is 0 Å². The number of aromatic nitrogens is 1. The number of hydrogen-bond acceptors (Lipinski definition) is 4. The maximum absolute atomic E-state index is 13.2. The Bertz CT molecular complexity index is 624. The van der Waals surface area contributed by atoms with Crippen molar-refractivity contribution >= 4 is 5.78 Å². The molecule has 5 nitrogen and oxygen atoms in total. The Labute approximate surface area is 179 Å². The van der Waals surface area contributed by atoms with Crippen LogP contribution in [0.2, 0.25) is 0 Å². The van der Waals surface area contributed by atoms with Gasteiger partial charge in [-0.1, -0.05) is 42.0 Å². The van der Waals surface area contributed by atoms with Crippen molar-refractivity contribution in [2.24, 2.45) is 5.92 Å². The van der Waals surface area contributed by atoms with Crippen LogP contribution in [0.25, 0.3) is 0 Å². The van der Waals surface area contributed by atoms with E-state index >= 15 is 0 Å². The van der Waals surface area contributed by atoms with Crippen LogP contribution in [0, 0.1) is 12.8 Å². The van der Waals surface area contributed by atoms with Crippen molar-refractivity contribution in [3.05, 3.63) is 22.5 Å². The SMILES string of the molecule is C.CC.CC.CCc1c2c(n(CO)c1C)CCC(CN1CCOC(C)C1C)C2=O. The Balaban J connectivity index is 0.00000148. The molecular weight excluding hydrogens is 364 g/mol. The van der Waals surface area contributed by atoms with Gasteiger partial charge in [-0.2, -0.15) is 0 Å². The normalized spacial score (nSPS) is 23.8. The van der Waals surface area contributed by atoms with E-state index in [4.69, 9.17) is 4.74 Å². The van der Waals surface area contributed by atoms with Gasteiger partial charge in [-0.3, -0.25) is 9.69 Å². The van der Waals surface area contributed by atoms with Crippen molar-refractivity contribution in [3.63, 3.8) is 0 Å². The fourth-order valence-electron chi connectivity index (χ4n) is 4.39. The third-order valence-corrected chi connectivity index (χ3v) is 6.07. The Morgan fingerprint density at radius 1 is 1.17 bits per heavy atom. The largest absolute Gasteiger partial charge is 0.376 e. The molecule has 0 saturated carbocycles. The Morgan fingerprint density at radius 2 is 1.79 bits per heavy atom. The van der Waals surface area contributed by atoms with E-state index in [1.807, 2.05) is 39.2 Å². The maximum Gasteiger partial charge on any atom is 0.169 e. The van der Waals surface area contributed by atoms with Crippen LogP contribution in [-0.2, 0) is 24.3 Å². The van der Waals surface area contributed by atoms with E-state index in [9.17, 15) is 9.90 Å². The zero-order valence-electron chi connectivity index (χ0n) is 19.3. The molecule has 0 radical (unpaired) electrons. The number of aliphatic hydroxyl groups is 1. The number of carbonyl (C=O) groups excluding carboxylic acids is 1. The molecule has 1 aliphatic carbocycles. The summed E-state index contributed by atoms with van der Waals surface area (Å²) in [6.45, 7) is 18.8. The lowest BCUT2D eigenvalue weighted by Gasteiger charge is -2.40. The van der Waals surface area contributed by atoms with Gasteiger partial charge in [0, 0.05) is 42.0 Å². The third-order valence-electron chi connectivity index (χ3n) is 6.07. The minimum Gasteiger partial charge on any atom is -0.376 e. The van der Waals surface area contributed by atoms with Crippen LogP contribution in [-0.4, -0.2) is 52.2 Å². The lowest BCUT2D eigenvalue weighted by molar-refractivity contribution is -0.0590. The van der Waals surface area contributed by atoms with Gasteiger partial charge < -0.3 is 14.4 Å². The number of nitrogens with zero attached hydrogens (tertiary/aromatic N) is 2. The molecule has 3 atom stereocenters. The molecule has 3 unspecified atom stereocenters. The number of rotatable bonds is 4. The first-order valence-electron chi connectivity index (χ1n) is 11.2. The average Bonchev–Trinajstić information content (AvgIpc) is 3.01. The van der Waals surface area contributed by atoms with Crippen molar-refractivity contribution in [1.82, 2.24) is 9.47 Å². The fraction of sp³-hybridized carbons (Fsp3) is 0.792. The molecule has 0 amide bonds. The number of ether oxygens (including phenoxy) is 1. The monoisotopic (exact) mass is 410 g/mol. The molecule has 2 heterocycles. The molecule has 2 aliphatic rings. The fourth-order valence-corrected chi connectivity index (χ4v) is 4.39. The molecule has 1 saturated heterocycles. The number of aliphatic hydroxyl groups excluding tert-OH is 1. The molecule has 1 aromatic heterocycles. The minimum atomic E-state index is -0.0376. The molecule has 0 spiro atoms. The molecule has 1 aromatic rings. The van der Waals surface area contributed by atoms with Crippen molar-refractivity contribution in [3.8, 4) is 0 Å². The zero-order valence-corrected chi connectivity index (χ0v) is 19.3. The van der Waals surface area contributed by atoms with Gasteiger partial charge in [-0.05, 0) is 45.6 Å². The molecule has 3 rings (SSSR count). The van der Waals surface area contributed by atoms with E-state index in [1.165, 1.54) is 0 Å². The highest BCUT2D eigenvalue weighted by Crippen LogP contribution is 2.33. The van der Waals surface area contributed by atoms with Crippen molar-refractivity contribution in [2.45, 2.75) is 101 Å². The van der Waals surface area contributed by atoms with Gasteiger partial charge in [0.1, 0.15) is 6.73 Å². The summed E-state index contributed by atoms with van der Waals surface area (Å²) in [5.41, 5.74) is 4.11. The van der Waals surface area contributed by atoms with Gasteiger partial charge in [0.15, 0.2) is 5.78 Å². The number of ketones is 1. The molecule has 170 valence electrons. The number of fused-ring (bicyclic) bond motifs is 1. The van der Waals surface area contributed by atoms with E-state index in [-0.39, 0.29) is 32.0 Å². The second-order valence-corrected chi connectivity index (χ2v) is 7.22. The summed E-state index contributed by atoms with van der Waals surface area (Å²) in [5, 5.41) is 9.69. The second-order valence-electron chi connectivity index (χ2n) is 7.22. The van der Waals surface area contributed by atoms with Gasteiger partial charge in [0.2, 0.25) is 0 Å². The first-order chi connectivity index (χ1) is 13.5. The summed E-state index contributed by atoms with van der Waals surface area (Å²) in [6.07, 6.45) is 2.81. The summed E-state index contributed by atoms with van der Waals surface area (Å²) in [7, 11) is 0. The number of morpholine rings is 1. The van der Waals surface area contributed by atoms with E-state index in [2.05, 4.69) is 25.7 Å². The van der Waals surface area contributed by atoms with Crippen molar-refractivity contribution in [1.29, 1.82) is 0 Å². The Morgan fingerprint density at radius 3 is 2.34 bits per heavy atom. The summed E-state index contributed by atoms with van der Waals surface area (Å²) >= 11 is 0. The first-order valence-corrected chi connectivity index (χ1v) is 11.2. The molecule has 0 bridgehead atoms. The summed E-state index contributed by atoms with van der Waals surface area (Å²) in [4.78, 5) is 15.6. The van der Waals surface area contributed by atoms with Crippen LogP contribution >= 0.6 is 0 Å². The van der Waals surface area contributed by atoms with E-state index in [1.54, 1.807) is 0 Å². The highest BCUT2D eigenvalue weighted by Gasteiger charge is 2.36. The standard InChI is InChI=1S/C19H30N2O3.2C2H6.CH4/c1-5-16-13(3)21(11-22)17-7-6-15(19(23)18(16)17)10-20-8-9-24-14(4)12(20)2;2*1-2;/h12,14-15,22H,5-11H2,1-4H3;2*1-2H3;1H4. The quantitative estimate of drug-likeness (QED) is 0.771. The second kappa shape index (κ2) is 13.2. The number of hydrogen-bond donors (Lipinski definition) is 1. The number of Topliss-reactive ketones (excluding diaryl/α,β-unsaturated/α-hetero) is 1. The predicted octanol–water partition coefficient (Wildman–Crippen LogP) is 4.85. The van der Waals surface area contributed by atoms with Crippen LogP contribution in [0.4, 0.5) is 0 Å². The lowest BCUT2D eigenvalue weighted by Crippen LogP contribution is -2.51. The van der Waals surface area contributed by atoms with Crippen molar-refractivity contribution in [2.75, 3.05) is 19.7 Å². The van der Waals surface area contributed by atoms with Crippen molar-refractivity contribution < 1.29 is 14.6 Å². The predicted molar refractivity (Wildman–Crippen MR) is 123 cm³/mol. The molecule has 5 heteroatoms. The van der Waals surface area contributed by atoms with E-state index < -0.39 is 0 Å². The highest BCUT2D eigenvalue weighted by molar-refractivity contribution is 6.02. The van der Waals surface area contributed by atoms with Gasteiger partial charge >= 0.3 is 0 Å². The average molecular weight is 411 g/mol. The van der Waals surface area contributed by atoms with Crippen LogP contribution in [0.5, 0.6) is 0 Å². The van der Waals surface area contributed by atoms with Crippen LogP contribution in [0.15, 0.2) is 0 Å². The summed E-state index contributed by atoms with van der Waals surface area (Å²) in [6, 6.07) is 0.349. The number of carbonyl (C=O) groups is 1. The third kappa shape index (κ3) is 5.71. The maximum atomic E-state index is 13.2. The topological polar surface area (TPSA) is 54.7 Å². The molecule has 29 heavy (non-hydrogen) atoms. The highest BCUT2D eigenvalue weighted by atomic mass is 16.5. The van der Waals surface area contributed by atoms with Gasteiger partial charge in [-0.15, -0.1) is 0 Å².